The topological polar surface area (TPSA) is 111 Å². The largest absolute Gasteiger partial charge is 0.493 e. The zero-order valence-electron chi connectivity index (χ0n) is 17.9. The summed E-state index contributed by atoms with van der Waals surface area (Å²) in [7, 11) is -0.423. The van der Waals surface area contributed by atoms with Crippen LogP contribution in [0.1, 0.15) is 41.3 Å². The number of ketones is 1. The quantitative estimate of drug-likeness (QED) is 0.381. The van der Waals surface area contributed by atoms with Gasteiger partial charge in [-0.3, -0.25) is 9.59 Å². The highest BCUT2D eigenvalue weighted by atomic mass is 32.2. The van der Waals surface area contributed by atoms with E-state index >= 15 is 0 Å². The molecule has 2 aromatic carbocycles. The van der Waals surface area contributed by atoms with Crippen LogP contribution in [0.15, 0.2) is 42.5 Å². The van der Waals surface area contributed by atoms with Gasteiger partial charge in [0.05, 0.1) is 19.5 Å². The van der Waals surface area contributed by atoms with Gasteiger partial charge >= 0.3 is 0 Å². The van der Waals surface area contributed by atoms with Crippen molar-refractivity contribution in [1.29, 1.82) is 0 Å². The summed E-state index contributed by atoms with van der Waals surface area (Å²) in [6, 6.07) is 12.0. The van der Waals surface area contributed by atoms with Gasteiger partial charge in [0.15, 0.2) is 17.3 Å². The smallest absolute Gasteiger partial charge is 0.220 e. The Balaban J connectivity index is 1.73. The van der Waals surface area contributed by atoms with E-state index in [1.165, 1.54) is 21.1 Å². The second-order valence-electron chi connectivity index (χ2n) is 6.93. The van der Waals surface area contributed by atoms with Gasteiger partial charge in [-0.05, 0) is 49.7 Å². The molecule has 0 spiro atoms. The summed E-state index contributed by atoms with van der Waals surface area (Å²) in [5, 5.41) is 2.83. The van der Waals surface area contributed by atoms with Crippen LogP contribution in [-0.4, -0.2) is 40.9 Å². The molecule has 0 aromatic heterocycles. The molecule has 0 aliphatic rings. The first-order valence-electron chi connectivity index (χ1n) is 9.81. The van der Waals surface area contributed by atoms with Crippen LogP contribution >= 0.6 is 0 Å². The van der Waals surface area contributed by atoms with Gasteiger partial charge in [0.25, 0.3) is 0 Å². The molecule has 9 heteroatoms. The van der Waals surface area contributed by atoms with Gasteiger partial charge in [-0.2, -0.15) is 0 Å². The van der Waals surface area contributed by atoms with Crippen LogP contribution in [-0.2, 0) is 27.1 Å². The average molecular weight is 449 g/mol. The third-order valence-corrected chi connectivity index (χ3v) is 5.89. The lowest BCUT2D eigenvalue weighted by molar-refractivity contribution is -0.121. The summed E-state index contributed by atoms with van der Waals surface area (Å²) in [5.74, 6) is 0.748. The number of ether oxygens (including phenoxy) is 2. The summed E-state index contributed by atoms with van der Waals surface area (Å²) in [4.78, 5) is 23.5. The molecule has 0 aliphatic carbocycles. The first kappa shape index (κ1) is 24.4. The highest BCUT2D eigenvalue weighted by Crippen LogP contribution is 2.28. The summed E-state index contributed by atoms with van der Waals surface area (Å²) in [5.41, 5.74) is 2.10. The minimum Gasteiger partial charge on any atom is -0.493 e. The van der Waals surface area contributed by atoms with Gasteiger partial charge in [-0.25, -0.2) is 13.1 Å². The number of carbonyl (C=O) groups is 2. The summed E-state index contributed by atoms with van der Waals surface area (Å²) < 4.78 is 36.3. The molecule has 0 saturated carbocycles. The normalized spacial score (nSPS) is 11.1. The van der Waals surface area contributed by atoms with Crippen molar-refractivity contribution >= 4 is 21.7 Å². The standard InChI is InChI=1S/C22H28N2O6S/c1-16(25)19-10-11-20(21(13-19)29-3)30-12-4-5-22(26)24-14-17-6-8-18(9-7-17)15-31(27,28)23-2/h6-11,13,23H,4-5,12,14-15H2,1-3H3,(H,24,26). The second-order valence-corrected chi connectivity index (χ2v) is 8.86. The number of methoxy groups -OCH3 is 1. The summed E-state index contributed by atoms with van der Waals surface area (Å²) in [6.07, 6.45) is 0.816. The molecule has 31 heavy (non-hydrogen) atoms. The molecule has 0 aliphatic heterocycles. The number of rotatable bonds is 12. The number of hydrogen-bond donors (Lipinski definition) is 2. The van der Waals surface area contributed by atoms with Crippen molar-refractivity contribution in [2.24, 2.45) is 0 Å². The number of hydrogen-bond acceptors (Lipinski definition) is 6. The molecule has 0 saturated heterocycles. The Morgan fingerprint density at radius 1 is 1.00 bits per heavy atom. The maximum atomic E-state index is 12.0. The molecule has 2 rings (SSSR count). The number of Topliss-reactive ketones (excluding diaryl/α,β-unsaturated/α-hetero) is 1. The van der Waals surface area contributed by atoms with Crippen LogP contribution < -0.4 is 19.5 Å². The van der Waals surface area contributed by atoms with Crippen molar-refractivity contribution in [3.05, 3.63) is 59.2 Å². The fraction of sp³-hybridized carbons (Fsp3) is 0.364. The highest BCUT2D eigenvalue weighted by Gasteiger charge is 2.10. The maximum Gasteiger partial charge on any atom is 0.220 e. The number of amides is 1. The van der Waals surface area contributed by atoms with Gasteiger partial charge in [0.1, 0.15) is 0 Å². The molecule has 168 valence electrons. The van der Waals surface area contributed by atoms with E-state index in [-0.39, 0.29) is 17.4 Å². The molecular formula is C22H28N2O6S. The van der Waals surface area contributed by atoms with E-state index in [4.69, 9.17) is 9.47 Å². The lowest BCUT2D eigenvalue weighted by atomic mass is 10.1. The molecule has 2 N–H and O–H groups in total. The van der Waals surface area contributed by atoms with Gasteiger partial charge in [-0.15, -0.1) is 0 Å². The van der Waals surface area contributed by atoms with E-state index in [0.29, 0.717) is 48.6 Å². The van der Waals surface area contributed by atoms with Crippen molar-refractivity contribution in [2.45, 2.75) is 32.1 Å². The first-order chi connectivity index (χ1) is 14.7. The Bertz CT molecular complexity index is 1000. The minimum atomic E-state index is -3.31. The lowest BCUT2D eigenvalue weighted by Crippen LogP contribution is -2.23. The van der Waals surface area contributed by atoms with E-state index in [1.54, 1.807) is 42.5 Å². The van der Waals surface area contributed by atoms with E-state index in [0.717, 1.165) is 5.56 Å². The van der Waals surface area contributed by atoms with Crippen LogP contribution in [0, 0.1) is 0 Å². The molecule has 0 atom stereocenters. The van der Waals surface area contributed by atoms with Crippen LogP contribution in [0.2, 0.25) is 0 Å². The van der Waals surface area contributed by atoms with Crippen molar-refractivity contribution < 1.29 is 27.5 Å². The molecule has 0 heterocycles. The lowest BCUT2D eigenvalue weighted by Gasteiger charge is -2.11. The predicted octanol–water partition coefficient (Wildman–Crippen LogP) is 2.42. The Morgan fingerprint density at radius 2 is 1.68 bits per heavy atom. The molecular weight excluding hydrogens is 420 g/mol. The Kier molecular flexibility index (Phi) is 9.02. The summed E-state index contributed by atoms with van der Waals surface area (Å²) >= 11 is 0. The van der Waals surface area contributed by atoms with Crippen molar-refractivity contribution in [3.63, 3.8) is 0 Å². The zero-order valence-corrected chi connectivity index (χ0v) is 18.8. The zero-order chi connectivity index (χ0) is 22.9. The van der Waals surface area contributed by atoms with Crippen LogP contribution in [0.5, 0.6) is 11.5 Å². The van der Waals surface area contributed by atoms with Crippen LogP contribution in [0.4, 0.5) is 0 Å². The first-order valence-corrected chi connectivity index (χ1v) is 11.5. The minimum absolute atomic E-state index is 0.0563. The molecule has 1 amide bonds. The predicted molar refractivity (Wildman–Crippen MR) is 118 cm³/mol. The third kappa shape index (κ3) is 8.03. The number of sulfonamides is 1. The summed E-state index contributed by atoms with van der Waals surface area (Å²) in [6.45, 7) is 2.17. The monoisotopic (exact) mass is 448 g/mol. The Hall–Kier alpha value is -2.91. The number of benzene rings is 2. The number of carbonyl (C=O) groups excluding carboxylic acids is 2. The molecule has 0 unspecified atom stereocenters. The Morgan fingerprint density at radius 3 is 2.29 bits per heavy atom. The average Bonchev–Trinajstić information content (AvgIpc) is 2.76. The molecule has 0 radical (unpaired) electrons. The Labute approximate surface area is 183 Å². The fourth-order valence-corrected chi connectivity index (χ4v) is 3.53. The van der Waals surface area contributed by atoms with E-state index in [2.05, 4.69) is 10.0 Å². The van der Waals surface area contributed by atoms with Gasteiger partial charge in [0.2, 0.25) is 15.9 Å². The fourth-order valence-electron chi connectivity index (χ4n) is 2.75. The number of nitrogens with one attached hydrogen (secondary N) is 2. The molecule has 0 bridgehead atoms. The molecule has 0 fully saturated rings. The van der Waals surface area contributed by atoms with Gasteiger partial charge < -0.3 is 14.8 Å². The van der Waals surface area contributed by atoms with Gasteiger partial charge in [0, 0.05) is 18.5 Å². The highest BCUT2D eigenvalue weighted by molar-refractivity contribution is 7.88. The van der Waals surface area contributed by atoms with Crippen LogP contribution in [0.3, 0.4) is 0 Å². The van der Waals surface area contributed by atoms with E-state index in [9.17, 15) is 18.0 Å². The van der Waals surface area contributed by atoms with Crippen molar-refractivity contribution in [2.75, 3.05) is 20.8 Å². The van der Waals surface area contributed by atoms with Crippen LogP contribution in [0.25, 0.3) is 0 Å². The molecule has 8 nitrogen and oxygen atoms in total. The van der Waals surface area contributed by atoms with Crippen molar-refractivity contribution in [1.82, 2.24) is 10.0 Å². The van der Waals surface area contributed by atoms with E-state index in [1.807, 2.05) is 0 Å². The van der Waals surface area contributed by atoms with Gasteiger partial charge in [-0.1, -0.05) is 24.3 Å². The SMILES string of the molecule is CNS(=O)(=O)Cc1ccc(CNC(=O)CCCOc2ccc(C(C)=O)cc2OC)cc1. The molecule has 2 aromatic rings. The maximum absolute atomic E-state index is 12.0. The second kappa shape index (κ2) is 11.5. The third-order valence-electron chi connectivity index (χ3n) is 4.56. The van der Waals surface area contributed by atoms with Crippen molar-refractivity contribution in [3.8, 4) is 11.5 Å². The van der Waals surface area contributed by atoms with E-state index < -0.39 is 10.0 Å².